The van der Waals surface area contributed by atoms with E-state index in [-0.39, 0.29) is 5.56 Å². The molecule has 2 saturated carbocycles. The van der Waals surface area contributed by atoms with Gasteiger partial charge in [-0.3, -0.25) is 0 Å². The average molecular weight is 452 g/mol. The van der Waals surface area contributed by atoms with E-state index in [4.69, 9.17) is 5.26 Å². The molecule has 0 aliphatic heterocycles. The van der Waals surface area contributed by atoms with E-state index in [0.29, 0.717) is 5.92 Å². The number of halogens is 2. The summed E-state index contributed by atoms with van der Waals surface area (Å²) in [7, 11) is 0. The molecule has 1 nitrogen and oxygen atoms in total. The van der Waals surface area contributed by atoms with Crippen molar-refractivity contribution < 1.29 is 8.78 Å². The van der Waals surface area contributed by atoms with Gasteiger partial charge in [-0.25, -0.2) is 8.78 Å². The van der Waals surface area contributed by atoms with Gasteiger partial charge in [0.25, 0.3) is 0 Å². The summed E-state index contributed by atoms with van der Waals surface area (Å²) >= 11 is 0. The first-order valence-corrected chi connectivity index (χ1v) is 13.2. The van der Waals surface area contributed by atoms with Gasteiger partial charge in [0, 0.05) is 5.56 Å². The van der Waals surface area contributed by atoms with Crippen molar-refractivity contribution in [1.29, 1.82) is 5.26 Å². The fraction of sp³-hybridized carbons (Fsp3) is 0.633. The van der Waals surface area contributed by atoms with Crippen molar-refractivity contribution in [3.63, 3.8) is 0 Å². The fourth-order valence-electron chi connectivity index (χ4n) is 5.69. The number of nitrogens with zero attached hydrogens (tertiary/aromatic N) is 1. The molecule has 1 aromatic carbocycles. The molecule has 0 saturated heterocycles. The second-order valence-corrected chi connectivity index (χ2v) is 10.3. The van der Waals surface area contributed by atoms with Gasteiger partial charge in [-0.15, -0.1) is 0 Å². The van der Waals surface area contributed by atoms with E-state index in [9.17, 15) is 8.78 Å². The summed E-state index contributed by atoms with van der Waals surface area (Å²) in [5.41, 5.74) is -0.296. The maximum Gasteiger partial charge on any atom is 0.145 e. The lowest BCUT2D eigenvalue weighted by molar-refractivity contribution is 0.219. The SMILES string of the molecule is CCCCC[C@H]1CC[C@H](CC[C@H]2CC[C@H](C=CC#Cc3cc(F)c(C#N)c(F)c3)CC2)CC1. The summed E-state index contributed by atoms with van der Waals surface area (Å²) in [6.45, 7) is 2.29. The average Bonchev–Trinajstić information content (AvgIpc) is 2.82. The molecule has 178 valence electrons. The lowest BCUT2D eigenvalue weighted by atomic mass is 9.75. The van der Waals surface area contributed by atoms with Gasteiger partial charge in [0.2, 0.25) is 0 Å². The fourth-order valence-corrected chi connectivity index (χ4v) is 5.69. The van der Waals surface area contributed by atoms with Gasteiger partial charge in [-0.2, -0.15) is 5.26 Å². The molecule has 0 heterocycles. The summed E-state index contributed by atoms with van der Waals surface area (Å²) in [5, 5.41) is 8.73. The Morgan fingerprint density at radius 1 is 0.848 bits per heavy atom. The van der Waals surface area contributed by atoms with Crippen LogP contribution >= 0.6 is 0 Å². The van der Waals surface area contributed by atoms with Crippen LogP contribution in [-0.2, 0) is 0 Å². The number of rotatable bonds is 8. The first kappa shape index (κ1) is 25.5. The molecule has 0 radical (unpaired) electrons. The van der Waals surface area contributed by atoms with E-state index >= 15 is 0 Å². The zero-order valence-electron chi connectivity index (χ0n) is 20.2. The second-order valence-electron chi connectivity index (χ2n) is 10.3. The van der Waals surface area contributed by atoms with Crippen molar-refractivity contribution in [2.75, 3.05) is 0 Å². The van der Waals surface area contributed by atoms with Gasteiger partial charge < -0.3 is 0 Å². The molecular weight excluding hydrogens is 412 g/mol. The number of hydrogen-bond donors (Lipinski definition) is 0. The van der Waals surface area contributed by atoms with E-state index in [0.717, 1.165) is 29.9 Å². The quantitative estimate of drug-likeness (QED) is 0.286. The van der Waals surface area contributed by atoms with E-state index < -0.39 is 17.2 Å². The van der Waals surface area contributed by atoms with Crippen molar-refractivity contribution in [2.24, 2.45) is 23.7 Å². The predicted molar refractivity (Wildman–Crippen MR) is 131 cm³/mol. The summed E-state index contributed by atoms with van der Waals surface area (Å²) in [5.74, 6) is 7.37. The minimum absolute atomic E-state index is 0.257. The number of nitriles is 1. The highest BCUT2D eigenvalue weighted by atomic mass is 19.1. The van der Waals surface area contributed by atoms with Crippen LogP contribution in [0.2, 0.25) is 0 Å². The van der Waals surface area contributed by atoms with E-state index in [1.807, 2.05) is 6.08 Å². The first-order valence-electron chi connectivity index (χ1n) is 13.2. The highest BCUT2D eigenvalue weighted by Gasteiger charge is 2.24. The van der Waals surface area contributed by atoms with Crippen LogP contribution in [0.1, 0.15) is 108 Å². The van der Waals surface area contributed by atoms with Crippen LogP contribution in [-0.4, -0.2) is 0 Å². The Morgan fingerprint density at radius 3 is 1.94 bits per heavy atom. The normalized spacial score (nSPS) is 25.4. The third-order valence-electron chi connectivity index (χ3n) is 7.88. The molecule has 0 unspecified atom stereocenters. The van der Waals surface area contributed by atoms with Crippen LogP contribution < -0.4 is 0 Å². The topological polar surface area (TPSA) is 23.8 Å². The van der Waals surface area contributed by atoms with E-state index in [1.165, 1.54) is 96.0 Å². The molecule has 0 N–H and O–H groups in total. The number of unbranched alkanes of at least 4 members (excludes halogenated alkanes) is 2. The van der Waals surface area contributed by atoms with E-state index in [1.54, 1.807) is 0 Å². The second kappa shape index (κ2) is 13.5. The number of benzene rings is 1. The molecule has 1 aromatic rings. The highest BCUT2D eigenvalue weighted by molar-refractivity contribution is 5.43. The maximum absolute atomic E-state index is 13.7. The highest BCUT2D eigenvalue weighted by Crippen LogP contribution is 2.38. The van der Waals surface area contributed by atoms with Gasteiger partial charge >= 0.3 is 0 Å². The van der Waals surface area contributed by atoms with Crippen molar-refractivity contribution in [3.05, 3.63) is 47.0 Å². The third kappa shape index (κ3) is 8.30. The van der Waals surface area contributed by atoms with Gasteiger partial charge in [0.1, 0.15) is 23.3 Å². The largest absolute Gasteiger partial charge is 0.205 e. The Hall–Kier alpha value is -2.13. The monoisotopic (exact) mass is 451 g/mol. The molecule has 0 bridgehead atoms. The first-order chi connectivity index (χ1) is 16.1. The van der Waals surface area contributed by atoms with Gasteiger partial charge in [-0.1, -0.05) is 89.0 Å². The Morgan fingerprint density at radius 2 is 1.39 bits per heavy atom. The van der Waals surface area contributed by atoms with Crippen molar-refractivity contribution in [2.45, 2.75) is 96.8 Å². The molecule has 0 aromatic heterocycles. The number of hydrogen-bond acceptors (Lipinski definition) is 1. The van der Waals surface area contributed by atoms with Gasteiger partial charge in [-0.05, 0) is 67.6 Å². The van der Waals surface area contributed by atoms with Crippen molar-refractivity contribution >= 4 is 0 Å². The Kier molecular flexibility index (Phi) is 10.5. The zero-order chi connectivity index (χ0) is 23.5. The molecule has 2 aliphatic carbocycles. The van der Waals surface area contributed by atoms with Gasteiger partial charge in [0.15, 0.2) is 0 Å². The molecule has 3 rings (SSSR count). The summed E-state index contributed by atoms with van der Waals surface area (Å²) in [6, 6.07) is 3.77. The third-order valence-corrected chi connectivity index (χ3v) is 7.88. The zero-order valence-corrected chi connectivity index (χ0v) is 20.2. The lowest BCUT2D eigenvalue weighted by Crippen LogP contribution is -2.17. The van der Waals surface area contributed by atoms with E-state index in [2.05, 4.69) is 24.8 Å². The van der Waals surface area contributed by atoms with Crippen LogP contribution in [0.4, 0.5) is 8.78 Å². The predicted octanol–water partition coefficient (Wildman–Crippen LogP) is 8.72. The summed E-state index contributed by atoms with van der Waals surface area (Å²) in [4.78, 5) is 0. The smallest absolute Gasteiger partial charge is 0.145 e. The minimum atomic E-state index is -0.857. The van der Waals surface area contributed by atoms with Gasteiger partial charge in [0.05, 0.1) is 0 Å². The lowest BCUT2D eigenvalue weighted by Gasteiger charge is -2.31. The number of allylic oxidation sites excluding steroid dienone is 2. The summed E-state index contributed by atoms with van der Waals surface area (Å²) in [6.07, 6.45) is 23.3. The Labute approximate surface area is 199 Å². The molecule has 0 amide bonds. The molecule has 2 aliphatic rings. The molecular formula is C30H39F2N. The Bertz CT molecular complexity index is 846. The standard InChI is InChI=1S/C30H39F2N/c1-2-3-4-7-23-10-14-25(15-11-23)18-19-26-16-12-24(13-17-26)8-5-6-9-27-20-29(31)28(22-33)30(32)21-27/h5,8,20-21,23-26H,2-4,7,10-19H2,1H3/t23-,24-,25-,26-. The summed E-state index contributed by atoms with van der Waals surface area (Å²) < 4.78 is 27.3. The maximum atomic E-state index is 13.7. The van der Waals surface area contributed by atoms with Crippen molar-refractivity contribution in [1.82, 2.24) is 0 Å². The van der Waals surface area contributed by atoms with Crippen LogP contribution in [0.15, 0.2) is 24.3 Å². The molecule has 3 heteroatoms. The molecule has 33 heavy (non-hydrogen) atoms. The van der Waals surface area contributed by atoms with Crippen LogP contribution in [0, 0.1) is 58.5 Å². The molecule has 2 fully saturated rings. The Balaban J connectivity index is 1.33. The molecule has 0 spiro atoms. The van der Waals surface area contributed by atoms with Crippen molar-refractivity contribution in [3.8, 4) is 17.9 Å². The minimum Gasteiger partial charge on any atom is -0.205 e. The van der Waals surface area contributed by atoms with Crippen LogP contribution in [0.5, 0.6) is 0 Å². The van der Waals surface area contributed by atoms with Crippen LogP contribution in [0.3, 0.4) is 0 Å². The molecule has 0 atom stereocenters. The van der Waals surface area contributed by atoms with Crippen LogP contribution in [0.25, 0.3) is 0 Å².